The van der Waals surface area contributed by atoms with Crippen LogP contribution in [0.2, 0.25) is 0 Å². The van der Waals surface area contributed by atoms with Gasteiger partial charge in [0.15, 0.2) is 6.04 Å². The number of hydrogen-bond acceptors (Lipinski definition) is 6. The summed E-state index contributed by atoms with van der Waals surface area (Å²) < 4.78 is 4.36. The molecule has 1 rings (SSSR count). The fourth-order valence-corrected chi connectivity index (χ4v) is 0.863. The summed E-state index contributed by atoms with van der Waals surface area (Å²) in [6, 6.07) is -1.10. The quantitative estimate of drug-likeness (QED) is 0.502. The SMILES string of the molecule is COC(=O)C(CO)NC(=O)c1ncn[nH]1. The number of H-pyrrole nitrogens is 1. The average Bonchev–Trinajstić information content (AvgIpc) is 2.77. The number of rotatable bonds is 4. The molecule has 0 saturated carbocycles. The van der Waals surface area contributed by atoms with E-state index in [-0.39, 0.29) is 5.82 Å². The normalized spacial score (nSPS) is 11.9. The molecular formula is C7H10N4O4. The van der Waals surface area contributed by atoms with E-state index in [1.165, 1.54) is 0 Å². The van der Waals surface area contributed by atoms with Gasteiger partial charge in [-0.25, -0.2) is 9.78 Å². The molecular weight excluding hydrogens is 204 g/mol. The lowest BCUT2D eigenvalue weighted by Crippen LogP contribution is -2.44. The van der Waals surface area contributed by atoms with E-state index in [2.05, 4.69) is 25.2 Å². The molecule has 0 fully saturated rings. The summed E-state index contributed by atoms with van der Waals surface area (Å²) in [4.78, 5) is 25.9. The molecule has 0 spiro atoms. The van der Waals surface area contributed by atoms with Crippen LogP contribution in [-0.2, 0) is 9.53 Å². The number of ether oxygens (including phenoxy) is 1. The van der Waals surface area contributed by atoms with Crippen molar-refractivity contribution in [2.24, 2.45) is 0 Å². The number of aromatic amines is 1. The van der Waals surface area contributed by atoms with Crippen LogP contribution < -0.4 is 5.32 Å². The van der Waals surface area contributed by atoms with Crippen LogP contribution in [0.5, 0.6) is 0 Å². The Labute approximate surface area is 84.7 Å². The highest BCUT2D eigenvalue weighted by Gasteiger charge is 2.22. The predicted molar refractivity (Wildman–Crippen MR) is 46.7 cm³/mol. The van der Waals surface area contributed by atoms with Crippen molar-refractivity contribution in [3.63, 3.8) is 0 Å². The number of hydrogen-bond donors (Lipinski definition) is 3. The van der Waals surface area contributed by atoms with Gasteiger partial charge in [-0.3, -0.25) is 9.89 Å². The summed E-state index contributed by atoms with van der Waals surface area (Å²) in [6.07, 6.45) is 1.15. The third-order valence-electron chi connectivity index (χ3n) is 1.60. The van der Waals surface area contributed by atoms with Gasteiger partial charge in [-0.15, -0.1) is 0 Å². The summed E-state index contributed by atoms with van der Waals surface area (Å²) in [5.41, 5.74) is 0. The molecule has 0 aromatic carbocycles. The van der Waals surface area contributed by atoms with E-state index >= 15 is 0 Å². The largest absolute Gasteiger partial charge is 0.467 e. The molecule has 1 heterocycles. The molecule has 82 valence electrons. The Morgan fingerprint density at radius 1 is 1.73 bits per heavy atom. The van der Waals surface area contributed by atoms with Crippen molar-refractivity contribution in [1.82, 2.24) is 20.5 Å². The molecule has 8 heteroatoms. The summed E-state index contributed by atoms with van der Waals surface area (Å²) in [5.74, 6) is -1.42. The third-order valence-corrected chi connectivity index (χ3v) is 1.60. The van der Waals surface area contributed by atoms with Gasteiger partial charge in [-0.2, -0.15) is 5.10 Å². The maximum Gasteiger partial charge on any atom is 0.330 e. The lowest BCUT2D eigenvalue weighted by atomic mass is 10.3. The molecule has 1 unspecified atom stereocenters. The Morgan fingerprint density at radius 2 is 2.47 bits per heavy atom. The number of nitrogens with zero attached hydrogens (tertiary/aromatic N) is 2. The number of amides is 1. The lowest BCUT2D eigenvalue weighted by molar-refractivity contribution is -0.143. The molecule has 8 nitrogen and oxygen atoms in total. The predicted octanol–water partition coefficient (Wildman–Crippen LogP) is -1.93. The molecule has 0 bridgehead atoms. The number of esters is 1. The highest BCUT2D eigenvalue weighted by atomic mass is 16.5. The first kappa shape index (κ1) is 11.1. The molecule has 0 radical (unpaired) electrons. The maximum atomic E-state index is 11.3. The van der Waals surface area contributed by atoms with Crippen LogP contribution in [0.15, 0.2) is 6.33 Å². The van der Waals surface area contributed by atoms with Gasteiger partial charge >= 0.3 is 5.97 Å². The fraction of sp³-hybridized carbons (Fsp3) is 0.429. The maximum absolute atomic E-state index is 11.3. The first-order chi connectivity index (χ1) is 7.19. The zero-order valence-electron chi connectivity index (χ0n) is 7.93. The van der Waals surface area contributed by atoms with E-state index in [1.807, 2.05) is 0 Å². The minimum absolute atomic E-state index is 0.0441. The number of aliphatic hydroxyl groups excluding tert-OH is 1. The number of carbonyl (C=O) groups is 2. The molecule has 1 amide bonds. The van der Waals surface area contributed by atoms with Crippen LogP contribution in [0.4, 0.5) is 0 Å². The summed E-state index contributed by atoms with van der Waals surface area (Å²) in [7, 11) is 1.16. The first-order valence-corrected chi connectivity index (χ1v) is 4.04. The van der Waals surface area contributed by atoms with Gasteiger partial charge in [-0.1, -0.05) is 0 Å². The molecule has 1 aromatic heterocycles. The number of aromatic nitrogens is 3. The summed E-state index contributed by atoms with van der Waals surface area (Å²) in [5, 5.41) is 16.8. The Morgan fingerprint density at radius 3 is 2.93 bits per heavy atom. The van der Waals surface area contributed by atoms with Crippen LogP contribution in [0.3, 0.4) is 0 Å². The lowest BCUT2D eigenvalue weighted by Gasteiger charge is -2.12. The first-order valence-electron chi connectivity index (χ1n) is 4.04. The third kappa shape index (κ3) is 2.74. The second kappa shape index (κ2) is 5.05. The zero-order chi connectivity index (χ0) is 11.3. The minimum atomic E-state index is -1.10. The number of aliphatic hydroxyl groups is 1. The molecule has 1 atom stereocenters. The molecule has 0 saturated heterocycles. The molecule has 3 N–H and O–H groups in total. The smallest absolute Gasteiger partial charge is 0.330 e. The van der Waals surface area contributed by atoms with Crippen LogP contribution in [0.25, 0.3) is 0 Å². The van der Waals surface area contributed by atoms with E-state index in [4.69, 9.17) is 5.11 Å². The Balaban J connectivity index is 2.60. The van der Waals surface area contributed by atoms with E-state index < -0.39 is 24.5 Å². The number of methoxy groups -OCH3 is 1. The van der Waals surface area contributed by atoms with Gasteiger partial charge in [0.05, 0.1) is 13.7 Å². The molecule has 0 aliphatic rings. The number of carbonyl (C=O) groups excluding carboxylic acids is 2. The van der Waals surface area contributed by atoms with Gasteiger partial charge in [-0.05, 0) is 0 Å². The Kier molecular flexibility index (Phi) is 3.75. The van der Waals surface area contributed by atoms with Gasteiger partial charge in [0.2, 0.25) is 5.82 Å². The van der Waals surface area contributed by atoms with E-state index in [0.29, 0.717) is 0 Å². The Hall–Kier alpha value is -1.96. The second-order valence-electron chi connectivity index (χ2n) is 2.57. The highest BCUT2D eigenvalue weighted by Crippen LogP contribution is 1.91. The van der Waals surface area contributed by atoms with Crippen molar-refractivity contribution in [3.8, 4) is 0 Å². The summed E-state index contributed by atoms with van der Waals surface area (Å²) >= 11 is 0. The second-order valence-corrected chi connectivity index (χ2v) is 2.57. The monoisotopic (exact) mass is 214 g/mol. The van der Waals surface area contributed by atoms with Crippen molar-refractivity contribution in [2.45, 2.75) is 6.04 Å². The Bertz CT molecular complexity index is 337. The van der Waals surface area contributed by atoms with Crippen molar-refractivity contribution < 1.29 is 19.4 Å². The van der Waals surface area contributed by atoms with Crippen molar-refractivity contribution in [3.05, 3.63) is 12.2 Å². The van der Waals surface area contributed by atoms with Crippen molar-refractivity contribution in [2.75, 3.05) is 13.7 Å². The van der Waals surface area contributed by atoms with E-state index in [9.17, 15) is 9.59 Å². The van der Waals surface area contributed by atoms with Crippen molar-refractivity contribution in [1.29, 1.82) is 0 Å². The van der Waals surface area contributed by atoms with Gasteiger partial charge < -0.3 is 15.2 Å². The molecule has 15 heavy (non-hydrogen) atoms. The van der Waals surface area contributed by atoms with E-state index in [1.54, 1.807) is 0 Å². The summed E-state index contributed by atoms with van der Waals surface area (Å²) in [6.45, 7) is -0.549. The standard InChI is InChI=1S/C7H10N4O4/c1-15-7(14)4(2-12)10-6(13)5-8-3-9-11-5/h3-4,12H,2H2,1H3,(H,10,13)(H,8,9,11). The zero-order valence-corrected chi connectivity index (χ0v) is 7.93. The average molecular weight is 214 g/mol. The van der Waals surface area contributed by atoms with Crippen LogP contribution in [0.1, 0.15) is 10.6 Å². The van der Waals surface area contributed by atoms with Crippen LogP contribution in [0, 0.1) is 0 Å². The van der Waals surface area contributed by atoms with Gasteiger partial charge in [0.1, 0.15) is 6.33 Å². The minimum Gasteiger partial charge on any atom is -0.467 e. The van der Waals surface area contributed by atoms with Crippen LogP contribution in [-0.4, -0.2) is 51.9 Å². The van der Waals surface area contributed by atoms with Gasteiger partial charge in [0, 0.05) is 0 Å². The molecule has 0 aliphatic heterocycles. The fourth-order valence-electron chi connectivity index (χ4n) is 0.863. The topological polar surface area (TPSA) is 117 Å². The van der Waals surface area contributed by atoms with E-state index in [0.717, 1.165) is 13.4 Å². The molecule has 1 aromatic rings. The van der Waals surface area contributed by atoms with Crippen molar-refractivity contribution >= 4 is 11.9 Å². The van der Waals surface area contributed by atoms with Gasteiger partial charge in [0.25, 0.3) is 5.91 Å². The highest BCUT2D eigenvalue weighted by molar-refractivity contribution is 5.93. The number of nitrogens with one attached hydrogen (secondary N) is 2. The van der Waals surface area contributed by atoms with Crippen LogP contribution >= 0.6 is 0 Å². The molecule has 0 aliphatic carbocycles.